The Balaban J connectivity index is 0.968. The normalized spacial score (nSPS) is 12.0. The molecule has 0 fully saturated rings. The molecule has 5 heterocycles. The summed E-state index contributed by atoms with van der Waals surface area (Å²) in [4.78, 5) is 16.4. The predicted molar refractivity (Wildman–Crippen MR) is 292 cm³/mol. The van der Waals surface area contributed by atoms with Gasteiger partial charge in [0.25, 0.3) is 0 Å². The first kappa shape index (κ1) is 38.9. The zero-order chi connectivity index (χ0) is 45.9. The van der Waals surface area contributed by atoms with E-state index in [1.54, 1.807) is 0 Å². The van der Waals surface area contributed by atoms with Gasteiger partial charge in [0.15, 0.2) is 17.5 Å². The summed E-state index contributed by atoms with van der Waals surface area (Å²) in [5, 5.41) is 9.61. The van der Waals surface area contributed by atoms with Crippen molar-refractivity contribution in [2.24, 2.45) is 0 Å². The van der Waals surface area contributed by atoms with Crippen LogP contribution in [0.1, 0.15) is 0 Å². The number of thiophene rings is 1. The van der Waals surface area contributed by atoms with Crippen LogP contribution in [0.15, 0.2) is 231 Å². The molecule has 15 rings (SSSR count). The predicted octanol–water partition coefficient (Wildman–Crippen LogP) is 16.5. The summed E-state index contributed by atoms with van der Waals surface area (Å²) in [5.74, 6) is 1.83. The van der Waals surface area contributed by atoms with Crippen molar-refractivity contribution in [3.05, 3.63) is 231 Å². The number of benzene rings is 10. The van der Waals surface area contributed by atoms with Gasteiger partial charge in [-0.3, -0.25) is 0 Å². The zero-order valence-corrected chi connectivity index (χ0v) is 38.3. The molecule has 0 aliphatic heterocycles. The van der Waals surface area contributed by atoms with E-state index >= 15 is 0 Å². The summed E-state index contributed by atoms with van der Waals surface area (Å²) in [6, 6.07) is 82.3. The number of fused-ring (bicyclic) bond motifs is 13. The summed E-state index contributed by atoms with van der Waals surface area (Å²) in [5.41, 5.74) is 12.8. The Kier molecular flexibility index (Phi) is 8.43. The van der Waals surface area contributed by atoms with Gasteiger partial charge in [0.05, 0.1) is 33.1 Å². The molecular formula is C63H38N6S. The Bertz CT molecular complexity index is 4400. The van der Waals surface area contributed by atoms with E-state index in [0.29, 0.717) is 17.5 Å². The van der Waals surface area contributed by atoms with Crippen LogP contribution in [0.2, 0.25) is 0 Å². The van der Waals surface area contributed by atoms with E-state index in [2.05, 4.69) is 244 Å². The van der Waals surface area contributed by atoms with Crippen molar-refractivity contribution < 1.29 is 0 Å². The fourth-order valence-corrected chi connectivity index (χ4v) is 12.3. The van der Waals surface area contributed by atoms with E-state index in [1.807, 2.05) is 11.3 Å². The number of aromatic nitrogens is 6. The number of nitrogens with zero attached hydrogens (tertiary/aromatic N) is 6. The zero-order valence-electron chi connectivity index (χ0n) is 37.5. The monoisotopic (exact) mass is 910 g/mol. The Morgan fingerprint density at radius 3 is 1.21 bits per heavy atom. The molecule has 0 saturated carbocycles. The number of para-hydroxylation sites is 5. The molecule has 0 bridgehead atoms. The molecule has 0 N–H and O–H groups in total. The minimum absolute atomic E-state index is 0.604. The summed E-state index contributed by atoms with van der Waals surface area (Å²) in [6.07, 6.45) is 0. The molecule has 7 heteroatoms. The van der Waals surface area contributed by atoms with Gasteiger partial charge in [0.2, 0.25) is 0 Å². The first-order valence-corrected chi connectivity index (χ1v) is 24.4. The average Bonchev–Trinajstić information content (AvgIpc) is 4.18. The standard InChI is InChI=1S/C63H38N6S/c1-3-17-40(18-4-1)67-49-27-11-7-21-43(49)57-47(25-15-30-52(57)67)62-64-61(65-63(66-62)48-26-16-31-53-58(48)44-22-8-12-28-50(44)68(53)41-19-5-2-6-20-41)39-33-35-42(36-34-39)69-51-29-13-9-23-45(51)59-54(69)37-38-56-60(59)46-24-10-14-32-55(46)70-56/h1-38H. The van der Waals surface area contributed by atoms with Crippen LogP contribution < -0.4 is 0 Å². The lowest BCUT2D eigenvalue weighted by Gasteiger charge is -2.12. The summed E-state index contributed by atoms with van der Waals surface area (Å²) < 4.78 is 9.69. The van der Waals surface area contributed by atoms with Crippen molar-refractivity contribution in [1.29, 1.82) is 0 Å². The molecule has 0 aliphatic carbocycles. The van der Waals surface area contributed by atoms with Crippen LogP contribution in [0.5, 0.6) is 0 Å². The summed E-state index contributed by atoms with van der Waals surface area (Å²) >= 11 is 1.86. The van der Waals surface area contributed by atoms with E-state index in [4.69, 9.17) is 15.0 Å². The fraction of sp³-hybridized carbons (Fsp3) is 0. The number of rotatable bonds is 6. The van der Waals surface area contributed by atoms with E-state index in [-0.39, 0.29) is 0 Å². The van der Waals surface area contributed by atoms with Crippen LogP contribution in [0, 0.1) is 0 Å². The molecule has 10 aromatic carbocycles. The maximum Gasteiger partial charge on any atom is 0.164 e. The van der Waals surface area contributed by atoms with Crippen LogP contribution in [0.4, 0.5) is 0 Å². The third-order valence-electron chi connectivity index (χ3n) is 14.1. The SMILES string of the molecule is c1ccc(-n2c3ccccc3c3c(-c4nc(-c5ccc(-n6c7ccccc7c7c8c(ccc76)sc6ccccc68)cc5)nc(-c5cccc6c5c5ccccc5n6-c5ccccc5)n4)cccc32)cc1. The third kappa shape index (κ3) is 5.70. The maximum absolute atomic E-state index is 5.50. The molecule has 0 spiro atoms. The van der Waals surface area contributed by atoms with Crippen LogP contribution >= 0.6 is 11.3 Å². The van der Waals surface area contributed by atoms with Gasteiger partial charge in [0.1, 0.15) is 0 Å². The van der Waals surface area contributed by atoms with Crippen molar-refractivity contribution >= 4 is 96.9 Å². The highest BCUT2D eigenvalue weighted by molar-refractivity contribution is 7.26. The van der Waals surface area contributed by atoms with E-state index in [1.165, 1.54) is 42.0 Å². The Hall–Kier alpha value is -9.17. The summed E-state index contributed by atoms with van der Waals surface area (Å²) in [7, 11) is 0. The molecule has 326 valence electrons. The largest absolute Gasteiger partial charge is 0.309 e. The van der Waals surface area contributed by atoms with Crippen molar-refractivity contribution in [2.75, 3.05) is 0 Å². The van der Waals surface area contributed by atoms with Crippen LogP contribution in [-0.4, -0.2) is 28.7 Å². The first-order valence-electron chi connectivity index (χ1n) is 23.6. The van der Waals surface area contributed by atoms with Gasteiger partial charge in [-0.1, -0.05) is 133 Å². The molecule has 5 aromatic heterocycles. The minimum Gasteiger partial charge on any atom is -0.309 e. The van der Waals surface area contributed by atoms with Crippen LogP contribution in [0.25, 0.3) is 137 Å². The van der Waals surface area contributed by atoms with Gasteiger partial charge in [-0.05, 0) is 97.1 Å². The van der Waals surface area contributed by atoms with Crippen LogP contribution in [-0.2, 0) is 0 Å². The smallest absolute Gasteiger partial charge is 0.164 e. The maximum atomic E-state index is 5.50. The molecule has 0 saturated heterocycles. The van der Waals surface area contributed by atoms with E-state index in [0.717, 1.165) is 77.4 Å². The van der Waals surface area contributed by atoms with E-state index in [9.17, 15) is 0 Å². The topological polar surface area (TPSA) is 53.5 Å². The Morgan fingerprint density at radius 1 is 0.257 bits per heavy atom. The highest BCUT2D eigenvalue weighted by Gasteiger charge is 2.23. The lowest BCUT2D eigenvalue weighted by Crippen LogP contribution is -2.01. The van der Waals surface area contributed by atoms with E-state index < -0.39 is 0 Å². The van der Waals surface area contributed by atoms with Crippen molar-refractivity contribution in [3.63, 3.8) is 0 Å². The lowest BCUT2D eigenvalue weighted by molar-refractivity contribution is 1.08. The van der Waals surface area contributed by atoms with Crippen molar-refractivity contribution in [3.8, 4) is 51.2 Å². The van der Waals surface area contributed by atoms with Gasteiger partial charge in [-0.25, -0.2) is 15.0 Å². The molecule has 0 amide bonds. The van der Waals surface area contributed by atoms with Gasteiger partial charge >= 0.3 is 0 Å². The first-order chi connectivity index (χ1) is 34.7. The Labute approximate surface area is 405 Å². The van der Waals surface area contributed by atoms with Gasteiger partial charge in [-0.15, -0.1) is 11.3 Å². The second-order valence-electron chi connectivity index (χ2n) is 17.9. The average molecular weight is 911 g/mol. The molecule has 0 radical (unpaired) electrons. The molecule has 6 nitrogen and oxygen atoms in total. The quantitative estimate of drug-likeness (QED) is 0.167. The fourth-order valence-electron chi connectivity index (χ4n) is 11.2. The number of hydrogen-bond donors (Lipinski definition) is 0. The van der Waals surface area contributed by atoms with Gasteiger partial charge in [-0.2, -0.15) is 0 Å². The molecule has 0 atom stereocenters. The van der Waals surface area contributed by atoms with Gasteiger partial charge in [0, 0.05) is 86.2 Å². The summed E-state index contributed by atoms with van der Waals surface area (Å²) in [6.45, 7) is 0. The Morgan fingerprint density at radius 2 is 0.671 bits per heavy atom. The third-order valence-corrected chi connectivity index (χ3v) is 15.2. The second kappa shape index (κ2) is 15.2. The minimum atomic E-state index is 0.604. The highest BCUT2D eigenvalue weighted by Crippen LogP contribution is 2.45. The van der Waals surface area contributed by atoms with Crippen LogP contribution in [0.3, 0.4) is 0 Å². The molecule has 0 unspecified atom stereocenters. The van der Waals surface area contributed by atoms with Gasteiger partial charge < -0.3 is 13.7 Å². The molecular weight excluding hydrogens is 873 g/mol. The highest BCUT2D eigenvalue weighted by atomic mass is 32.1. The van der Waals surface area contributed by atoms with Crippen molar-refractivity contribution in [1.82, 2.24) is 28.7 Å². The lowest BCUT2D eigenvalue weighted by atomic mass is 10.0. The number of hydrogen-bond acceptors (Lipinski definition) is 4. The molecule has 15 aromatic rings. The molecule has 0 aliphatic rings. The second-order valence-corrected chi connectivity index (χ2v) is 19.0. The molecule has 70 heavy (non-hydrogen) atoms. The van der Waals surface area contributed by atoms with Crippen molar-refractivity contribution in [2.45, 2.75) is 0 Å².